The molecule has 1 fully saturated rings. The van der Waals surface area contributed by atoms with E-state index in [2.05, 4.69) is 77.3 Å². The van der Waals surface area contributed by atoms with Gasteiger partial charge in [-0.05, 0) is 56.0 Å². The van der Waals surface area contributed by atoms with Crippen molar-refractivity contribution in [3.8, 4) is 0 Å². The molecule has 2 heteroatoms. The van der Waals surface area contributed by atoms with Gasteiger partial charge in [0.25, 0.3) is 0 Å². The van der Waals surface area contributed by atoms with Gasteiger partial charge in [-0.25, -0.2) is 0 Å². The van der Waals surface area contributed by atoms with Gasteiger partial charge in [-0.1, -0.05) is 54.0 Å². The molecule has 1 atom stereocenters. The summed E-state index contributed by atoms with van der Waals surface area (Å²) in [6, 6.07) is 0.636. The molecule has 0 aromatic heterocycles. The van der Waals surface area contributed by atoms with Crippen LogP contribution >= 0.6 is 0 Å². The highest BCUT2D eigenvalue weighted by Gasteiger charge is 2.27. The van der Waals surface area contributed by atoms with Crippen molar-refractivity contribution in [2.75, 3.05) is 20.6 Å². The SMILES string of the molecule is C/C=C(\C=C/N(C)C)CC1CC(C)(C)CCN1.CC.CCC. The summed E-state index contributed by atoms with van der Waals surface area (Å²) in [5.41, 5.74) is 1.92. The van der Waals surface area contributed by atoms with E-state index in [1.54, 1.807) is 0 Å². The van der Waals surface area contributed by atoms with Crippen LogP contribution in [0, 0.1) is 5.41 Å². The van der Waals surface area contributed by atoms with Crippen molar-refractivity contribution in [1.29, 1.82) is 0 Å². The summed E-state index contributed by atoms with van der Waals surface area (Å²) >= 11 is 0. The van der Waals surface area contributed by atoms with Crippen molar-refractivity contribution in [3.05, 3.63) is 23.9 Å². The highest BCUT2D eigenvalue weighted by atomic mass is 15.0. The van der Waals surface area contributed by atoms with Crippen molar-refractivity contribution < 1.29 is 0 Å². The van der Waals surface area contributed by atoms with Gasteiger partial charge in [0.1, 0.15) is 0 Å². The van der Waals surface area contributed by atoms with E-state index < -0.39 is 0 Å². The predicted octanol–water partition coefficient (Wildman–Crippen LogP) is 5.62. The van der Waals surface area contributed by atoms with Gasteiger partial charge in [-0.3, -0.25) is 0 Å². The Hall–Kier alpha value is -0.760. The number of piperidine rings is 1. The molecule has 0 saturated carbocycles. The van der Waals surface area contributed by atoms with Crippen LogP contribution in [0.15, 0.2) is 23.9 Å². The lowest BCUT2D eigenvalue weighted by molar-refractivity contribution is 0.209. The fraction of sp³-hybridized carbons (Fsp3) is 0.800. The van der Waals surface area contributed by atoms with Crippen molar-refractivity contribution >= 4 is 0 Å². The maximum Gasteiger partial charge on any atom is 0.0112 e. The molecule has 0 spiro atoms. The molecule has 1 aliphatic heterocycles. The van der Waals surface area contributed by atoms with E-state index >= 15 is 0 Å². The number of rotatable bonds is 4. The third-order valence-electron chi connectivity index (χ3n) is 3.47. The van der Waals surface area contributed by atoms with E-state index in [9.17, 15) is 0 Å². The Kier molecular flexibility index (Phi) is 14.8. The average molecular weight is 311 g/mol. The van der Waals surface area contributed by atoms with Crippen LogP contribution in [0.4, 0.5) is 0 Å². The normalized spacial score (nSPS) is 20.6. The minimum atomic E-state index is 0.500. The van der Waals surface area contributed by atoms with E-state index in [1.165, 1.54) is 24.8 Å². The molecular formula is C20H42N2. The van der Waals surface area contributed by atoms with Gasteiger partial charge in [-0.2, -0.15) is 0 Å². The lowest BCUT2D eigenvalue weighted by Gasteiger charge is -2.36. The monoisotopic (exact) mass is 310 g/mol. The van der Waals surface area contributed by atoms with Crippen LogP contribution in [0.5, 0.6) is 0 Å². The van der Waals surface area contributed by atoms with Crippen LogP contribution in [-0.4, -0.2) is 31.6 Å². The fourth-order valence-corrected chi connectivity index (χ4v) is 2.41. The van der Waals surface area contributed by atoms with Gasteiger partial charge in [0.2, 0.25) is 0 Å². The Morgan fingerprint density at radius 3 is 2.18 bits per heavy atom. The Balaban J connectivity index is 0. The molecule has 1 rings (SSSR count). The lowest BCUT2D eigenvalue weighted by Crippen LogP contribution is -2.41. The number of nitrogens with one attached hydrogen (secondary N) is 1. The maximum absolute atomic E-state index is 3.64. The van der Waals surface area contributed by atoms with Crippen molar-refractivity contribution in [2.45, 2.75) is 80.2 Å². The summed E-state index contributed by atoms with van der Waals surface area (Å²) < 4.78 is 0. The second kappa shape index (κ2) is 13.9. The fourth-order valence-electron chi connectivity index (χ4n) is 2.41. The Morgan fingerprint density at radius 2 is 1.77 bits per heavy atom. The first kappa shape index (κ1) is 23.5. The van der Waals surface area contributed by atoms with Gasteiger partial charge >= 0.3 is 0 Å². The molecule has 2 nitrogen and oxygen atoms in total. The second-order valence-corrected chi connectivity index (χ2v) is 6.82. The van der Waals surface area contributed by atoms with Gasteiger partial charge in [0.15, 0.2) is 0 Å². The zero-order chi connectivity index (χ0) is 17.6. The quantitative estimate of drug-likeness (QED) is 0.678. The first-order valence-corrected chi connectivity index (χ1v) is 9.07. The van der Waals surface area contributed by atoms with Gasteiger partial charge in [0, 0.05) is 20.1 Å². The molecule has 0 aromatic rings. The summed E-state index contributed by atoms with van der Waals surface area (Å²) in [4.78, 5) is 2.09. The van der Waals surface area contributed by atoms with Crippen LogP contribution in [0.3, 0.4) is 0 Å². The third kappa shape index (κ3) is 12.9. The number of nitrogens with zero attached hydrogens (tertiary/aromatic N) is 1. The minimum Gasteiger partial charge on any atom is -0.383 e. The van der Waals surface area contributed by atoms with Crippen LogP contribution in [-0.2, 0) is 0 Å². The minimum absolute atomic E-state index is 0.500. The van der Waals surface area contributed by atoms with Gasteiger partial charge in [-0.15, -0.1) is 0 Å². The molecule has 1 N–H and O–H groups in total. The van der Waals surface area contributed by atoms with Gasteiger partial charge in [0.05, 0.1) is 0 Å². The van der Waals surface area contributed by atoms with Gasteiger partial charge < -0.3 is 10.2 Å². The summed E-state index contributed by atoms with van der Waals surface area (Å²) in [5, 5.41) is 3.64. The molecular weight excluding hydrogens is 268 g/mol. The van der Waals surface area contributed by atoms with Crippen LogP contribution in [0.25, 0.3) is 0 Å². The first-order valence-electron chi connectivity index (χ1n) is 9.07. The molecule has 0 aromatic carbocycles. The van der Waals surface area contributed by atoms with E-state index in [0.717, 1.165) is 13.0 Å². The topological polar surface area (TPSA) is 15.3 Å². The average Bonchev–Trinajstić information content (AvgIpc) is 2.45. The summed E-state index contributed by atoms with van der Waals surface area (Å²) in [6.45, 7) is 16.3. The zero-order valence-electron chi connectivity index (χ0n) is 16.8. The molecule has 132 valence electrons. The highest BCUT2D eigenvalue weighted by Crippen LogP contribution is 2.31. The molecule has 22 heavy (non-hydrogen) atoms. The van der Waals surface area contributed by atoms with Crippen molar-refractivity contribution in [2.24, 2.45) is 5.41 Å². The first-order chi connectivity index (χ1) is 10.3. The number of allylic oxidation sites excluding steroid dienone is 2. The highest BCUT2D eigenvalue weighted by molar-refractivity contribution is 5.19. The Labute approximate surface area is 141 Å². The number of hydrogen-bond acceptors (Lipinski definition) is 2. The molecule has 0 bridgehead atoms. The molecule has 1 saturated heterocycles. The second-order valence-electron chi connectivity index (χ2n) is 6.82. The van der Waals surface area contributed by atoms with Crippen LogP contribution in [0.2, 0.25) is 0 Å². The Bertz CT molecular complexity index is 301. The molecule has 1 heterocycles. The van der Waals surface area contributed by atoms with E-state index in [1.807, 2.05) is 13.8 Å². The standard InChI is InChI=1S/C15H28N2.C3H8.C2H6/c1-6-13(7-10-17(4)5)11-14-12-15(2,3)8-9-16-14;1-3-2;1-2/h6-7,10,14,16H,8-9,11-12H2,1-5H3;3H2,1-2H3;1-2H3/b10-7-,13-6+;;. The smallest absolute Gasteiger partial charge is 0.0112 e. The summed E-state index contributed by atoms with van der Waals surface area (Å²) in [6.07, 6.45) is 11.5. The molecule has 0 aliphatic carbocycles. The predicted molar refractivity (Wildman–Crippen MR) is 103 cm³/mol. The van der Waals surface area contributed by atoms with E-state index in [0.29, 0.717) is 11.5 Å². The van der Waals surface area contributed by atoms with Crippen molar-refractivity contribution in [3.63, 3.8) is 0 Å². The number of hydrogen-bond donors (Lipinski definition) is 1. The van der Waals surface area contributed by atoms with Crippen molar-refractivity contribution in [1.82, 2.24) is 10.2 Å². The Morgan fingerprint density at radius 1 is 1.23 bits per heavy atom. The van der Waals surface area contributed by atoms with E-state index in [-0.39, 0.29) is 0 Å². The molecule has 1 unspecified atom stereocenters. The van der Waals surface area contributed by atoms with Crippen LogP contribution < -0.4 is 5.32 Å². The zero-order valence-corrected chi connectivity index (χ0v) is 16.8. The summed E-state index contributed by atoms with van der Waals surface area (Å²) in [5.74, 6) is 0. The summed E-state index contributed by atoms with van der Waals surface area (Å²) in [7, 11) is 4.12. The molecule has 0 radical (unpaired) electrons. The van der Waals surface area contributed by atoms with E-state index in [4.69, 9.17) is 0 Å². The molecule has 0 amide bonds. The molecule has 1 aliphatic rings. The lowest BCUT2D eigenvalue weighted by atomic mass is 9.78. The van der Waals surface area contributed by atoms with Crippen LogP contribution in [0.1, 0.15) is 74.1 Å². The third-order valence-corrected chi connectivity index (χ3v) is 3.47. The largest absolute Gasteiger partial charge is 0.383 e. The maximum atomic E-state index is 3.64.